The summed E-state index contributed by atoms with van der Waals surface area (Å²) in [6.45, 7) is 0. The van der Waals surface area contributed by atoms with E-state index in [9.17, 15) is 4.79 Å². The van der Waals surface area contributed by atoms with Gasteiger partial charge in [0.2, 0.25) is 11.7 Å². The number of para-hydroxylation sites is 1. The van der Waals surface area contributed by atoms with Gasteiger partial charge in [-0.25, -0.2) is 0 Å². The predicted octanol–water partition coefficient (Wildman–Crippen LogP) is 4.81. The van der Waals surface area contributed by atoms with E-state index in [-0.39, 0.29) is 17.7 Å². The molecule has 0 radical (unpaired) electrons. The molecule has 5 rings (SSSR count). The van der Waals surface area contributed by atoms with Crippen LogP contribution < -0.4 is 5.32 Å². The van der Waals surface area contributed by atoms with Crippen LogP contribution in [0.2, 0.25) is 0 Å². The summed E-state index contributed by atoms with van der Waals surface area (Å²) >= 11 is 1.37. The lowest BCUT2D eigenvalue weighted by atomic mass is 9.88. The van der Waals surface area contributed by atoms with E-state index < -0.39 is 0 Å². The molecule has 2 heterocycles. The van der Waals surface area contributed by atoms with E-state index in [1.165, 1.54) is 22.9 Å². The first-order valence-corrected chi connectivity index (χ1v) is 11.3. The zero-order chi connectivity index (χ0) is 21.0. The van der Waals surface area contributed by atoms with E-state index >= 15 is 0 Å². The summed E-state index contributed by atoms with van der Waals surface area (Å²) in [5.41, 5.74) is 3.49. The van der Waals surface area contributed by atoms with Gasteiger partial charge in [0, 0.05) is 5.69 Å². The first kappa shape index (κ1) is 19.6. The van der Waals surface area contributed by atoms with Crippen molar-refractivity contribution in [2.24, 2.45) is 0 Å². The quantitative estimate of drug-likeness (QED) is 0.444. The maximum absolute atomic E-state index is 12.8. The van der Waals surface area contributed by atoms with Gasteiger partial charge in [0.15, 0.2) is 10.9 Å². The van der Waals surface area contributed by atoms with Crippen molar-refractivity contribution in [2.45, 2.75) is 30.5 Å². The molecular weight excluding hydrogens is 408 g/mol. The van der Waals surface area contributed by atoms with Crippen LogP contribution in [0.25, 0.3) is 17.3 Å². The highest BCUT2D eigenvalue weighted by Gasteiger charge is 2.23. The van der Waals surface area contributed by atoms with Crippen molar-refractivity contribution in [2.75, 3.05) is 5.75 Å². The van der Waals surface area contributed by atoms with Gasteiger partial charge < -0.3 is 9.73 Å². The fourth-order valence-electron chi connectivity index (χ4n) is 4.01. The lowest BCUT2D eigenvalue weighted by Crippen LogP contribution is -2.32. The number of aromatic nitrogens is 3. The van der Waals surface area contributed by atoms with Gasteiger partial charge in [0.05, 0.1) is 18.1 Å². The highest BCUT2D eigenvalue weighted by atomic mass is 32.2. The Balaban J connectivity index is 1.34. The summed E-state index contributed by atoms with van der Waals surface area (Å²) in [4.78, 5) is 12.8. The smallest absolute Gasteiger partial charge is 0.230 e. The van der Waals surface area contributed by atoms with Crippen LogP contribution in [0.4, 0.5) is 0 Å². The number of hydrogen-bond donors (Lipinski definition) is 1. The second-order valence-electron chi connectivity index (χ2n) is 7.45. The number of thioether (sulfide) groups is 1. The minimum absolute atomic E-state index is 0.00568. The maximum atomic E-state index is 12.8. The Kier molecular flexibility index (Phi) is 5.58. The molecule has 0 saturated carbocycles. The van der Waals surface area contributed by atoms with Gasteiger partial charge in [-0.15, -0.1) is 10.2 Å². The molecule has 31 heavy (non-hydrogen) atoms. The van der Waals surface area contributed by atoms with Gasteiger partial charge in [0.1, 0.15) is 0 Å². The molecule has 2 aromatic heterocycles. The summed E-state index contributed by atoms with van der Waals surface area (Å²) < 4.78 is 7.47. The number of carbonyl (C=O) groups is 1. The Labute approximate surface area is 184 Å². The Morgan fingerprint density at radius 2 is 1.90 bits per heavy atom. The third-order valence-electron chi connectivity index (χ3n) is 5.43. The summed E-state index contributed by atoms with van der Waals surface area (Å²) in [5.74, 6) is 1.50. The molecule has 0 aliphatic heterocycles. The second-order valence-corrected chi connectivity index (χ2v) is 8.40. The van der Waals surface area contributed by atoms with Gasteiger partial charge in [-0.1, -0.05) is 54.2 Å². The molecular formula is C24H22N4O2S. The molecule has 0 fully saturated rings. The Morgan fingerprint density at radius 3 is 2.74 bits per heavy atom. The SMILES string of the molecule is O=C(CSc1nnc(-c2ccco2)n1-c1ccccc1)N[C@@H]1CCCc2ccccc21. The summed E-state index contributed by atoms with van der Waals surface area (Å²) in [5, 5.41) is 12.5. The number of hydrogen-bond acceptors (Lipinski definition) is 5. The number of fused-ring (bicyclic) bond motifs is 1. The van der Waals surface area contributed by atoms with Crippen LogP contribution in [0.5, 0.6) is 0 Å². The molecule has 7 heteroatoms. The van der Waals surface area contributed by atoms with Crippen molar-refractivity contribution in [3.63, 3.8) is 0 Å². The van der Waals surface area contributed by atoms with Gasteiger partial charge in [0.25, 0.3) is 0 Å². The lowest BCUT2D eigenvalue weighted by molar-refractivity contribution is -0.119. The fraction of sp³-hybridized carbons (Fsp3) is 0.208. The molecule has 0 bridgehead atoms. The Hall–Kier alpha value is -3.32. The third-order valence-corrected chi connectivity index (χ3v) is 6.36. The topological polar surface area (TPSA) is 73.0 Å². The maximum Gasteiger partial charge on any atom is 0.230 e. The van der Waals surface area contributed by atoms with E-state index in [1.807, 2.05) is 53.1 Å². The summed E-state index contributed by atoms with van der Waals surface area (Å²) in [7, 11) is 0. The van der Waals surface area contributed by atoms with Crippen LogP contribution in [-0.2, 0) is 11.2 Å². The monoisotopic (exact) mass is 430 g/mol. The number of aryl methyl sites for hydroxylation is 1. The number of furan rings is 1. The number of nitrogens with one attached hydrogen (secondary N) is 1. The molecule has 2 aromatic carbocycles. The molecule has 1 aliphatic carbocycles. The molecule has 1 amide bonds. The lowest BCUT2D eigenvalue weighted by Gasteiger charge is -2.26. The fourth-order valence-corrected chi connectivity index (χ4v) is 4.77. The predicted molar refractivity (Wildman–Crippen MR) is 120 cm³/mol. The minimum atomic E-state index is -0.00568. The third kappa shape index (κ3) is 4.14. The largest absolute Gasteiger partial charge is 0.461 e. The molecule has 1 N–H and O–H groups in total. The Bertz CT molecular complexity index is 1170. The van der Waals surface area contributed by atoms with Crippen molar-refractivity contribution in [3.8, 4) is 17.3 Å². The van der Waals surface area contributed by atoms with Crippen molar-refractivity contribution in [1.29, 1.82) is 0 Å². The standard InChI is InChI=1S/C24H22N4O2S/c29-22(25-20-13-6-9-17-8-4-5-12-19(17)20)16-31-24-27-26-23(21-14-7-15-30-21)28(24)18-10-2-1-3-11-18/h1-5,7-8,10-12,14-15,20H,6,9,13,16H2,(H,25,29)/t20-/m1/s1. The number of amides is 1. The molecule has 156 valence electrons. The zero-order valence-electron chi connectivity index (χ0n) is 16.9. The molecule has 4 aromatic rings. The van der Waals surface area contributed by atoms with Crippen LogP contribution >= 0.6 is 11.8 Å². The van der Waals surface area contributed by atoms with E-state index in [4.69, 9.17) is 4.42 Å². The summed E-state index contributed by atoms with van der Waals surface area (Å²) in [6, 6.07) is 22.0. The average molecular weight is 431 g/mol. The van der Waals surface area contributed by atoms with Gasteiger partial charge in [-0.2, -0.15) is 0 Å². The second kappa shape index (κ2) is 8.81. The normalized spacial score (nSPS) is 15.4. The van der Waals surface area contributed by atoms with E-state index in [0.717, 1.165) is 24.9 Å². The van der Waals surface area contributed by atoms with Crippen LogP contribution in [0.15, 0.2) is 82.6 Å². The average Bonchev–Trinajstić information content (AvgIpc) is 3.48. The van der Waals surface area contributed by atoms with E-state index in [1.54, 1.807) is 6.26 Å². The first-order chi connectivity index (χ1) is 15.3. The molecule has 0 saturated heterocycles. The van der Waals surface area contributed by atoms with Crippen LogP contribution in [0.1, 0.15) is 30.0 Å². The first-order valence-electron chi connectivity index (χ1n) is 10.3. The van der Waals surface area contributed by atoms with Gasteiger partial charge >= 0.3 is 0 Å². The van der Waals surface area contributed by atoms with Crippen molar-refractivity contribution >= 4 is 17.7 Å². The molecule has 0 spiro atoms. The van der Waals surface area contributed by atoms with Crippen molar-refractivity contribution in [1.82, 2.24) is 20.1 Å². The van der Waals surface area contributed by atoms with E-state index in [2.05, 4.69) is 33.7 Å². The number of benzene rings is 2. The number of nitrogens with zero attached hydrogens (tertiary/aromatic N) is 3. The van der Waals surface area contributed by atoms with E-state index in [0.29, 0.717) is 16.7 Å². The van der Waals surface area contributed by atoms with Gasteiger partial charge in [-0.05, 0) is 54.7 Å². The van der Waals surface area contributed by atoms with Crippen molar-refractivity contribution in [3.05, 3.63) is 84.1 Å². The summed E-state index contributed by atoms with van der Waals surface area (Å²) in [6.07, 6.45) is 4.74. The van der Waals surface area contributed by atoms with Crippen LogP contribution in [0.3, 0.4) is 0 Å². The molecule has 0 unspecified atom stereocenters. The van der Waals surface area contributed by atoms with Crippen LogP contribution in [0, 0.1) is 0 Å². The van der Waals surface area contributed by atoms with Crippen LogP contribution in [-0.4, -0.2) is 26.4 Å². The molecule has 6 nitrogen and oxygen atoms in total. The zero-order valence-corrected chi connectivity index (χ0v) is 17.7. The minimum Gasteiger partial charge on any atom is -0.461 e. The molecule has 1 aliphatic rings. The Morgan fingerprint density at radius 1 is 1.06 bits per heavy atom. The highest BCUT2D eigenvalue weighted by Crippen LogP contribution is 2.31. The number of carbonyl (C=O) groups excluding carboxylic acids is 1. The highest BCUT2D eigenvalue weighted by molar-refractivity contribution is 7.99. The molecule has 1 atom stereocenters. The van der Waals surface area contributed by atoms with Gasteiger partial charge in [-0.3, -0.25) is 9.36 Å². The van der Waals surface area contributed by atoms with Crippen molar-refractivity contribution < 1.29 is 9.21 Å². The number of rotatable bonds is 6.